The normalized spacial score (nSPS) is 14.0. The molecule has 0 spiro atoms. The summed E-state index contributed by atoms with van der Waals surface area (Å²) >= 11 is 0. The highest BCUT2D eigenvalue weighted by Gasteiger charge is 2.30. The molecule has 0 saturated carbocycles. The number of aliphatic hydroxyl groups is 1. The van der Waals surface area contributed by atoms with Crippen LogP contribution in [0.3, 0.4) is 0 Å². The lowest BCUT2D eigenvalue weighted by atomic mass is 10.0. The number of ether oxygens (including phenoxy) is 4. The Morgan fingerprint density at radius 1 is 0.281 bits per heavy atom. The van der Waals surface area contributed by atoms with Crippen molar-refractivity contribution < 1.29 is 80.2 Å². The average Bonchev–Trinajstić information content (AvgIpc) is 1.41. The van der Waals surface area contributed by atoms with Crippen molar-refractivity contribution in [2.75, 3.05) is 39.6 Å². The Hall–Kier alpha value is -1.94. The fourth-order valence-electron chi connectivity index (χ4n) is 11.8. The van der Waals surface area contributed by atoms with Gasteiger partial charge in [0.25, 0.3) is 0 Å². The molecule has 5 atom stereocenters. The Morgan fingerprint density at radius 2 is 0.479 bits per heavy atom. The largest absolute Gasteiger partial charge is 0.472 e. The highest BCUT2D eigenvalue weighted by atomic mass is 31.2. The molecule has 0 aromatic carbocycles. The minimum Gasteiger partial charge on any atom is -0.462 e. The third kappa shape index (κ3) is 70.5. The van der Waals surface area contributed by atoms with E-state index in [-0.39, 0.29) is 25.7 Å². The molecule has 0 fully saturated rings. The monoisotopic (exact) mass is 1410 g/mol. The SMILES string of the molecule is CCCCCCCCCCCCCCCCCCCCCCC(=O)O[C@H](COC(=O)CCCCCCCCCCCCCCCC(C)C)COP(=O)(O)OC[C@@H](O)COP(=O)(O)OC[C@@H](COC(=O)CCCCCCC)OC(=O)CCCCCCCCCCCCCCC(C)C. The van der Waals surface area contributed by atoms with Crippen LogP contribution in [-0.2, 0) is 65.4 Å². The molecule has 2 unspecified atom stereocenters. The molecular formula is C77H150O17P2. The van der Waals surface area contributed by atoms with E-state index in [4.69, 9.17) is 37.0 Å². The van der Waals surface area contributed by atoms with Gasteiger partial charge in [-0.2, -0.15) is 0 Å². The fourth-order valence-corrected chi connectivity index (χ4v) is 13.4. The van der Waals surface area contributed by atoms with E-state index in [1.54, 1.807) is 0 Å². The molecule has 0 saturated heterocycles. The third-order valence-corrected chi connectivity index (χ3v) is 19.9. The first-order valence-electron chi connectivity index (χ1n) is 40.0. The number of hydrogen-bond donors (Lipinski definition) is 3. The molecule has 3 N–H and O–H groups in total. The zero-order valence-electron chi connectivity index (χ0n) is 62.7. The van der Waals surface area contributed by atoms with Gasteiger partial charge in [-0.3, -0.25) is 37.3 Å². The second kappa shape index (κ2) is 68.8. The van der Waals surface area contributed by atoms with Crippen LogP contribution in [0.25, 0.3) is 0 Å². The Balaban J connectivity index is 5.13. The third-order valence-electron chi connectivity index (χ3n) is 18.0. The molecule has 0 aliphatic rings. The van der Waals surface area contributed by atoms with Crippen molar-refractivity contribution in [1.82, 2.24) is 0 Å². The number of unbranched alkanes of at least 4 members (excludes halogenated alkanes) is 46. The van der Waals surface area contributed by atoms with Crippen LogP contribution >= 0.6 is 15.6 Å². The van der Waals surface area contributed by atoms with Crippen molar-refractivity contribution in [2.45, 2.75) is 419 Å². The van der Waals surface area contributed by atoms with Gasteiger partial charge in [0.2, 0.25) is 0 Å². The van der Waals surface area contributed by atoms with Gasteiger partial charge in [0.1, 0.15) is 19.3 Å². The van der Waals surface area contributed by atoms with Crippen molar-refractivity contribution in [3.05, 3.63) is 0 Å². The topological polar surface area (TPSA) is 237 Å². The fraction of sp³-hybridized carbons (Fsp3) is 0.948. The van der Waals surface area contributed by atoms with Crippen LogP contribution in [0.1, 0.15) is 401 Å². The van der Waals surface area contributed by atoms with Crippen LogP contribution in [0, 0.1) is 11.8 Å². The minimum absolute atomic E-state index is 0.106. The highest BCUT2D eigenvalue weighted by Crippen LogP contribution is 2.45. The number of hydrogen-bond acceptors (Lipinski definition) is 15. The molecule has 0 amide bonds. The first-order valence-corrected chi connectivity index (χ1v) is 43.0. The summed E-state index contributed by atoms with van der Waals surface area (Å²) in [5.74, 6) is -0.557. The van der Waals surface area contributed by atoms with Crippen molar-refractivity contribution in [1.29, 1.82) is 0 Å². The Morgan fingerprint density at radius 3 is 0.708 bits per heavy atom. The van der Waals surface area contributed by atoms with Gasteiger partial charge >= 0.3 is 39.5 Å². The first kappa shape index (κ1) is 94.1. The van der Waals surface area contributed by atoms with E-state index < -0.39 is 97.5 Å². The number of rotatable bonds is 76. The van der Waals surface area contributed by atoms with Crippen molar-refractivity contribution in [2.24, 2.45) is 11.8 Å². The Kier molecular flexibility index (Phi) is 67.4. The summed E-state index contributed by atoms with van der Waals surface area (Å²) in [5.41, 5.74) is 0. The molecule has 0 bridgehead atoms. The van der Waals surface area contributed by atoms with Gasteiger partial charge in [-0.15, -0.1) is 0 Å². The molecular weight excluding hydrogens is 1260 g/mol. The summed E-state index contributed by atoms with van der Waals surface area (Å²) in [7, 11) is -9.90. The number of carbonyl (C=O) groups is 4. The number of phosphoric acid groups is 2. The van der Waals surface area contributed by atoms with Gasteiger partial charge in [-0.05, 0) is 37.5 Å². The maximum atomic E-state index is 13.1. The summed E-state index contributed by atoms with van der Waals surface area (Å²) in [4.78, 5) is 72.6. The van der Waals surface area contributed by atoms with Gasteiger partial charge in [0.15, 0.2) is 12.2 Å². The molecule has 0 radical (unpaired) electrons. The number of aliphatic hydroxyl groups excluding tert-OH is 1. The molecule has 17 nitrogen and oxygen atoms in total. The predicted octanol–water partition coefficient (Wildman–Crippen LogP) is 22.7. The van der Waals surface area contributed by atoms with Crippen molar-refractivity contribution >= 4 is 39.5 Å². The van der Waals surface area contributed by atoms with Gasteiger partial charge in [0, 0.05) is 25.7 Å². The molecule has 0 aromatic heterocycles. The predicted molar refractivity (Wildman–Crippen MR) is 391 cm³/mol. The van der Waals surface area contributed by atoms with Crippen molar-refractivity contribution in [3.63, 3.8) is 0 Å². The number of phosphoric ester groups is 2. The van der Waals surface area contributed by atoms with Gasteiger partial charge in [-0.25, -0.2) is 9.13 Å². The van der Waals surface area contributed by atoms with Crippen LogP contribution in [0.2, 0.25) is 0 Å². The zero-order chi connectivity index (χ0) is 70.7. The molecule has 0 aromatic rings. The van der Waals surface area contributed by atoms with E-state index in [1.807, 2.05) is 0 Å². The molecule has 0 rings (SSSR count). The van der Waals surface area contributed by atoms with Crippen LogP contribution in [0.4, 0.5) is 0 Å². The Labute approximate surface area is 588 Å². The summed E-state index contributed by atoms with van der Waals surface area (Å²) in [6.45, 7) is 9.54. The highest BCUT2D eigenvalue weighted by molar-refractivity contribution is 7.47. The first-order chi connectivity index (χ1) is 46.4. The lowest BCUT2D eigenvalue weighted by molar-refractivity contribution is -0.161. The van der Waals surface area contributed by atoms with Gasteiger partial charge < -0.3 is 33.8 Å². The van der Waals surface area contributed by atoms with E-state index in [0.717, 1.165) is 108 Å². The zero-order valence-corrected chi connectivity index (χ0v) is 64.5. The molecule has 0 aliphatic heterocycles. The van der Waals surface area contributed by atoms with E-state index in [9.17, 15) is 43.2 Å². The van der Waals surface area contributed by atoms with E-state index in [1.165, 1.54) is 212 Å². The standard InChI is InChI=1S/C77H150O17P2/c1-7-9-11-13-14-15-16-17-18-19-20-21-22-23-26-33-38-43-49-55-62-77(82)94-73(66-88-75(80)60-54-48-42-37-32-27-24-25-30-35-40-46-51-57-69(3)4)68-92-96(85,86)90-64-71(78)63-89-95(83,84)91-67-72(65-87-74(79)59-53-45-12-10-8-2)93-76(81)61-56-50-44-39-34-29-28-31-36-41-47-52-58-70(5)6/h69-73,78H,7-68H2,1-6H3,(H,83,84)(H,85,86)/t71-,72+,73+/m0/s1. The maximum Gasteiger partial charge on any atom is 0.472 e. The molecule has 0 heterocycles. The molecule has 96 heavy (non-hydrogen) atoms. The Bertz CT molecular complexity index is 1860. The summed E-state index contributed by atoms with van der Waals surface area (Å²) < 4.78 is 68.3. The maximum absolute atomic E-state index is 13.1. The second-order valence-electron chi connectivity index (χ2n) is 28.7. The smallest absolute Gasteiger partial charge is 0.462 e. The minimum atomic E-state index is -4.96. The quantitative estimate of drug-likeness (QED) is 0.0222. The van der Waals surface area contributed by atoms with Crippen LogP contribution < -0.4 is 0 Å². The average molecular weight is 1410 g/mol. The molecule has 570 valence electrons. The van der Waals surface area contributed by atoms with Crippen LogP contribution in [0.15, 0.2) is 0 Å². The number of carbonyl (C=O) groups excluding carboxylic acids is 4. The summed E-state index contributed by atoms with van der Waals surface area (Å²) in [5, 5.41) is 10.6. The molecule has 0 aliphatic carbocycles. The lowest BCUT2D eigenvalue weighted by Gasteiger charge is -2.21. The van der Waals surface area contributed by atoms with Crippen molar-refractivity contribution in [3.8, 4) is 0 Å². The summed E-state index contributed by atoms with van der Waals surface area (Å²) in [6, 6.07) is 0. The second-order valence-corrected chi connectivity index (χ2v) is 31.6. The van der Waals surface area contributed by atoms with Crippen LogP contribution in [-0.4, -0.2) is 96.7 Å². The van der Waals surface area contributed by atoms with Crippen LogP contribution in [0.5, 0.6) is 0 Å². The van der Waals surface area contributed by atoms with E-state index in [2.05, 4.69) is 41.5 Å². The molecule has 19 heteroatoms. The lowest BCUT2D eigenvalue weighted by Crippen LogP contribution is -2.30. The van der Waals surface area contributed by atoms with Gasteiger partial charge in [-0.1, -0.05) is 350 Å². The van der Waals surface area contributed by atoms with E-state index >= 15 is 0 Å². The van der Waals surface area contributed by atoms with Gasteiger partial charge in [0.05, 0.1) is 26.4 Å². The number of esters is 4. The van der Waals surface area contributed by atoms with E-state index in [0.29, 0.717) is 25.7 Å². The summed E-state index contributed by atoms with van der Waals surface area (Å²) in [6.07, 6.45) is 57.3.